The topological polar surface area (TPSA) is 66.8 Å². The lowest BCUT2D eigenvalue weighted by atomic mass is 9.97. The van der Waals surface area contributed by atoms with Crippen LogP contribution in [0.25, 0.3) is 11.1 Å². The molecule has 2 aromatic rings. The second-order valence-electron chi connectivity index (χ2n) is 5.18. The van der Waals surface area contributed by atoms with Crippen LogP contribution in [0.5, 0.6) is 0 Å². The molecule has 0 saturated heterocycles. The van der Waals surface area contributed by atoms with E-state index in [9.17, 15) is 9.90 Å². The predicted molar refractivity (Wildman–Crippen MR) is 84.3 cm³/mol. The lowest BCUT2D eigenvalue weighted by Gasteiger charge is -2.14. The van der Waals surface area contributed by atoms with E-state index < -0.39 is 24.6 Å². The third-order valence-corrected chi connectivity index (χ3v) is 3.50. The molecule has 0 spiro atoms. The first kappa shape index (κ1) is 16.2. The van der Waals surface area contributed by atoms with E-state index >= 15 is 0 Å². The van der Waals surface area contributed by atoms with E-state index in [1.165, 1.54) is 0 Å². The SMILES string of the molecule is C[C@H](C(=O)OC[C@@H](O)CO)c1ccc(-c2ccccc2)cc1. The molecule has 0 aliphatic rings. The van der Waals surface area contributed by atoms with Crippen LogP contribution in [-0.4, -0.2) is 35.5 Å². The maximum absolute atomic E-state index is 11.9. The molecule has 22 heavy (non-hydrogen) atoms. The molecule has 0 unspecified atom stereocenters. The summed E-state index contributed by atoms with van der Waals surface area (Å²) in [6.07, 6.45) is -1.03. The molecule has 2 rings (SSSR count). The number of esters is 1. The molecule has 0 fully saturated rings. The van der Waals surface area contributed by atoms with Gasteiger partial charge in [-0.3, -0.25) is 4.79 Å². The Hall–Kier alpha value is -2.17. The normalized spacial score (nSPS) is 13.4. The van der Waals surface area contributed by atoms with Crippen LogP contribution in [0, 0.1) is 0 Å². The molecule has 4 nitrogen and oxygen atoms in total. The number of carbonyl (C=O) groups excluding carboxylic acids is 1. The molecule has 0 amide bonds. The molecule has 2 aromatic carbocycles. The third-order valence-electron chi connectivity index (χ3n) is 3.50. The van der Waals surface area contributed by atoms with Crippen molar-refractivity contribution in [1.82, 2.24) is 0 Å². The predicted octanol–water partition coefficient (Wildman–Crippen LogP) is 2.35. The Morgan fingerprint density at radius 1 is 1.05 bits per heavy atom. The maximum atomic E-state index is 11.9. The highest BCUT2D eigenvalue weighted by molar-refractivity contribution is 5.78. The fraction of sp³-hybridized carbons (Fsp3) is 0.278. The molecule has 0 saturated carbocycles. The maximum Gasteiger partial charge on any atom is 0.313 e. The van der Waals surface area contributed by atoms with Gasteiger partial charge in [-0.15, -0.1) is 0 Å². The van der Waals surface area contributed by atoms with E-state index in [0.29, 0.717) is 0 Å². The number of ether oxygens (including phenoxy) is 1. The molecule has 0 heterocycles. The Bertz CT molecular complexity index is 592. The Kier molecular flexibility index (Phi) is 5.69. The van der Waals surface area contributed by atoms with E-state index in [1.54, 1.807) is 6.92 Å². The molecule has 0 bridgehead atoms. The average molecular weight is 300 g/mol. The Balaban J connectivity index is 2.02. The van der Waals surface area contributed by atoms with E-state index in [-0.39, 0.29) is 6.61 Å². The summed E-state index contributed by atoms with van der Waals surface area (Å²) >= 11 is 0. The lowest BCUT2D eigenvalue weighted by molar-refractivity contribution is -0.148. The lowest BCUT2D eigenvalue weighted by Crippen LogP contribution is -2.24. The first-order chi connectivity index (χ1) is 10.6. The molecule has 0 aromatic heterocycles. The van der Waals surface area contributed by atoms with E-state index in [0.717, 1.165) is 16.7 Å². The Labute approximate surface area is 130 Å². The summed E-state index contributed by atoms with van der Waals surface area (Å²) in [5.41, 5.74) is 3.05. The summed E-state index contributed by atoms with van der Waals surface area (Å²) in [5.74, 6) is -0.837. The smallest absolute Gasteiger partial charge is 0.313 e. The van der Waals surface area contributed by atoms with Gasteiger partial charge < -0.3 is 14.9 Å². The highest BCUT2D eigenvalue weighted by Gasteiger charge is 2.18. The van der Waals surface area contributed by atoms with Gasteiger partial charge in [0.05, 0.1) is 12.5 Å². The van der Waals surface area contributed by atoms with Crippen molar-refractivity contribution in [3.8, 4) is 11.1 Å². The van der Waals surface area contributed by atoms with Gasteiger partial charge in [0.25, 0.3) is 0 Å². The number of rotatable bonds is 6. The fourth-order valence-electron chi connectivity index (χ4n) is 2.09. The first-order valence-corrected chi connectivity index (χ1v) is 7.22. The number of aliphatic hydroxyl groups is 2. The number of hydrogen-bond acceptors (Lipinski definition) is 4. The summed E-state index contributed by atoms with van der Waals surface area (Å²) in [4.78, 5) is 11.9. The van der Waals surface area contributed by atoms with Crippen molar-refractivity contribution in [3.63, 3.8) is 0 Å². The van der Waals surface area contributed by atoms with E-state index in [4.69, 9.17) is 9.84 Å². The van der Waals surface area contributed by atoms with Gasteiger partial charge in [-0.25, -0.2) is 0 Å². The Morgan fingerprint density at radius 3 is 2.23 bits per heavy atom. The second kappa shape index (κ2) is 7.73. The van der Waals surface area contributed by atoms with Crippen molar-refractivity contribution in [2.45, 2.75) is 18.9 Å². The van der Waals surface area contributed by atoms with Gasteiger partial charge in [-0.2, -0.15) is 0 Å². The number of aliphatic hydroxyl groups excluding tert-OH is 2. The minimum atomic E-state index is -1.03. The van der Waals surface area contributed by atoms with Crippen LogP contribution in [0.4, 0.5) is 0 Å². The molecule has 2 atom stereocenters. The van der Waals surface area contributed by atoms with Crippen LogP contribution < -0.4 is 0 Å². The molecule has 4 heteroatoms. The monoisotopic (exact) mass is 300 g/mol. The summed E-state index contributed by atoms with van der Waals surface area (Å²) < 4.78 is 4.98. The van der Waals surface area contributed by atoms with Crippen molar-refractivity contribution in [2.24, 2.45) is 0 Å². The molecule has 0 aliphatic carbocycles. The van der Waals surface area contributed by atoms with Crippen LogP contribution in [0.2, 0.25) is 0 Å². The largest absolute Gasteiger partial charge is 0.462 e. The molecular weight excluding hydrogens is 280 g/mol. The highest BCUT2D eigenvalue weighted by Crippen LogP contribution is 2.23. The summed E-state index contributed by atoms with van der Waals surface area (Å²) in [5, 5.41) is 17.9. The van der Waals surface area contributed by atoms with Gasteiger partial charge in [0.1, 0.15) is 12.7 Å². The number of hydrogen-bond donors (Lipinski definition) is 2. The van der Waals surface area contributed by atoms with Gasteiger partial charge >= 0.3 is 5.97 Å². The zero-order chi connectivity index (χ0) is 15.9. The van der Waals surface area contributed by atoms with Gasteiger partial charge in [-0.1, -0.05) is 54.6 Å². The van der Waals surface area contributed by atoms with Gasteiger partial charge in [0, 0.05) is 0 Å². The molecule has 0 radical (unpaired) electrons. The van der Waals surface area contributed by atoms with Gasteiger partial charge in [0.2, 0.25) is 0 Å². The standard InChI is InChI=1S/C18H20O4/c1-13(18(21)22-12-17(20)11-19)14-7-9-16(10-8-14)15-5-3-2-4-6-15/h2-10,13,17,19-20H,11-12H2,1H3/t13-,17-/m0/s1. The zero-order valence-corrected chi connectivity index (χ0v) is 12.5. The van der Waals surface area contributed by atoms with Crippen molar-refractivity contribution in [2.75, 3.05) is 13.2 Å². The number of carbonyl (C=O) groups is 1. The second-order valence-corrected chi connectivity index (χ2v) is 5.18. The molecule has 2 N–H and O–H groups in total. The minimum absolute atomic E-state index is 0.193. The quantitative estimate of drug-likeness (QED) is 0.804. The minimum Gasteiger partial charge on any atom is -0.462 e. The third kappa shape index (κ3) is 4.16. The highest BCUT2D eigenvalue weighted by atomic mass is 16.5. The molecule has 116 valence electrons. The van der Waals surface area contributed by atoms with Crippen molar-refractivity contribution >= 4 is 5.97 Å². The van der Waals surface area contributed by atoms with Crippen molar-refractivity contribution in [3.05, 3.63) is 60.2 Å². The van der Waals surface area contributed by atoms with Crippen LogP contribution >= 0.6 is 0 Å². The molecule has 0 aliphatic heterocycles. The zero-order valence-electron chi connectivity index (χ0n) is 12.5. The van der Waals surface area contributed by atoms with Gasteiger partial charge in [-0.05, 0) is 23.6 Å². The van der Waals surface area contributed by atoms with Crippen LogP contribution in [0.1, 0.15) is 18.4 Å². The first-order valence-electron chi connectivity index (χ1n) is 7.22. The summed E-state index contributed by atoms with van der Waals surface area (Å²) in [7, 11) is 0. The van der Waals surface area contributed by atoms with Crippen LogP contribution in [0.15, 0.2) is 54.6 Å². The average Bonchev–Trinajstić information content (AvgIpc) is 2.59. The fourth-order valence-corrected chi connectivity index (χ4v) is 2.09. The molecular formula is C18H20O4. The van der Waals surface area contributed by atoms with Crippen molar-refractivity contribution in [1.29, 1.82) is 0 Å². The van der Waals surface area contributed by atoms with Crippen LogP contribution in [-0.2, 0) is 9.53 Å². The van der Waals surface area contributed by atoms with Crippen molar-refractivity contribution < 1.29 is 19.7 Å². The summed E-state index contributed by atoms with van der Waals surface area (Å²) in [6.45, 7) is 1.14. The van der Waals surface area contributed by atoms with Crippen LogP contribution in [0.3, 0.4) is 0 Å². The summed E-state index contributed by atoms with van der Waals surface area (Å²) in [6, 6.07) is 17.7. The van der Waals surface area contributed by atoms with E-state index in [2.05, 4.69) is 0 Å². The van der Waals surface area contributed by atoms with E-state index in [1.807, 2.05) is 54.6 Å². The Morgan fingerprint density at radius 2 is 1.64 bits per heavy atom. The number of benzene rings is 2. The van der Waals surface area contributed by atoms with Gasteiger partial charge in [0.15, 0.2) is 0 Å².